The van der Waals surface area contributed by atoms with Crippen molar-refractivity contribution in [3.8, 4) is 0 Å². The number of hydrogen-bond donors (Lipinski definition) is 1. The van der Waals surface area contributed by atoms with Crippen LogP contribution >= 0.6 is 27.5 Å². The van der Waals surface area contributed by atoms with Gasteiger partial charge in [0, 0.05) is 18.3 Å². The van der Waals surface area contributed by atoms with E-state index in [9.17, 15) is 4.79 Å². The fourth-order valence-corrected chi connectivity index (χ4v) is 3.26. The van der Waals surface area contributed by atoms with Gasteiger partial charge < -0.3 is 5.32 Å². The van der Waals surface area contributed by atoms with E-state index in [4.69, 9.17) is 11.6 Å². The van der Waals surface area contributed by atoms with Crippen molar-refractivity contribution in [1.29, 1.82) is 0 Å². The van der Waals surface area contributed by atoms with Gasteiger partial charge in [0.15, 0.2) is 5.69 Å². The fourth-order valence-electron chi connectivity index (χ4n) is 2.58. The van der Waals surface area contributed by atoms with Crippen molar-refractivity contribution in [2.24, 2.45) is 7.05 Å². The highest BCUT2D eigenvalue weighted by molar-refractivity contribution is 9.10. The number of benzene rings is 1. The molecule has 8 heteroatoms. The van der Waals surface area contributed by atoms with Crippen LogP contribution in [0.3, 0.4) is 0 Å². The molecule has 0 fully saturated rings. The minimum absolute atomic E-state index is 0.273. The van der Waals surface area contributed by atoms with Crippen LogP contribution in [0.1, 0.15) is 27.4 Å². The van der Waals surface area contributed by atoms with E-state index < -0.39 is 0 Å². The van der Waals surface area contributed by atoms with Crippen molar-refractivity contribution in [3.05, 3.63) is 62.6 Å². The zero-order valence-corrected chi connectivity index (χ0v) is 16.4. The number of halogens is 2. The molecule has 2 aromatic heterocycles. The number of amides is 1. The first-order valence-electron chi connectivity index (χ1n) is 7.64. The lowest BCUT2D eigenvalue weighted by Crippen LogP contribution is -2.15. The molecule has 2 heterocycles. The first kappa shape index (κ1) is 17.7. The normalized spacial score (nSPS) is 10.9. The van der Waals surface area contributed by atoms with Crippen LogP contribution in [0.15, 0.2) is 34.9 Å². The van der Waals surface area contributed by atoms with Gasteiger partial charge in [0.2, 0.25) is 0 Å². The molecular weight excluding hydrogens is 406 g/mol. The van der Waals surface area contributed by atoms with E-state index in [0.29, 0.717) is 27.4 Å². The first-order chi connectivity index (χ1) is 11.8. The van der Waals surface area contributed by atoms with Gasteiger partial charge >= 0.3 is 0 Å². The SMILES string of the molecule is Cc1nn(Cc2ccc(Cl)cc2)c(C)c1NC(=O)c1nn(C)cc1Br. The van der Waals surface area contributed by atoms with Gasteiger partial charge in [-0.1, -0.05) is 23.7 Å². The standard InChI is InChI=1S/C17H17BrClN5O/c1-10-15(20-17(25)16-14(18)9-23(3)22-16)11(2)24(21-10)8-12-4-6-13(19)7-5-12/h4-7,9H,8H2,1-3H3,(H,20,25). The summed E-state index contributed by atoms with van der Waals surface area (Å²) in [7, 11) is 1.77. The molecule has 3 aromatic rings. The maximum absolute atomic E-state index is 12.5. The number of anilines is 1. The third-order valence-electron chi connectivity index (χ3n) is 3.86. The Labute approximate surface area is 158 Å². The molecule has 1 N–H and O–H groups in total. The summed E-state index contributed by atoms with van der Waals surface area (Å²) in [6.45, 7) is 4.40. The summed E-state index contributed by atoms with van der Waals surface area (Å²) in [5.41, 5.74) is 3.77. The molecule has 0 spiro atoms. The number of rotatable bonds is 4. The van der Waals surface area contributed by atoms with E-state index in [0.717, 1.165) is 17.0 Å². The van der Waals surface area contributed by atoms with Crippen molar-refractivity contribution >= 4 is 39.1 Å². The summed E-state index contributed by atoms with van der Waals surface area (Å²) in [6, 6.07) is 7.62. The summed E-state index contributed by atoms with van der Waals surface area (Å²) in [5, 5.41) is 12.3. The Morgan fingerprint density at radius 3 is 2.52 bits per heavy atom. The minimum atomic E-state index is -0.273. The van der Waals surface area contributed by atoms with Gasteiger partial charge in [-0.05, 0) is 47.5 Å². The van der Waals surface area contributed by atoms with Crippen LogP contribution in [-0.4, -0.2) is 25.5 Å². The lowest BCUT2D eigenvalue weighted by Gasteiger charge is -2.07. The van der Waals surface area contributed by atoms with Crippen molar-refractivity contribution in [3.63, 3.8) is 0 Å². The van der Waals surface area contributed by atoms with Crippen LogP contribution in [0.5, 0.6) is 0 Å². The molecule has 0 aliphatic heterocycles. The molecule has 1 amide bonds. The molecule has 0 aliphatic rings. The van der Waals surface area contributed by atoms with Crippen molar-refractivity contribution < 1.29 is 4.79 Å². The molecule has 0 bridgehead atoms. The number of carbonyl (C=O) groups is 1. The van der Waals surface area contributed by atoms with E-state index in [1.165, 1.54) is 0 Å². The molecule has 0 radical (unpaired) electrons. The number of carbonyl (C=O) groups excluding carboxylic acids is 1. The number of hydrogen-bond acceptors (Lipinski definition) is 3. The van der Waals surface area contributed by atoms with Gasteiger partial charge in [-0.15, -0.1) is 0 Å². The summed E-state index contributed by atoms with van der Waals surface area (Å²) >= 11 is 9.27. The van der Waals surface area contributed by atoms with E-state index in [1.54, 1.807) is 17.9 Å². The second-order valence-corrected chi connectivity index (χ2v) is 7.07. The van der Waals surface area contributed by atoms with Gasteiger partial charge in [0.05, 0.1) is 28.1 Å². The topological polar surface area (TPSA) is 64.7 Å². The molecule has 0 unspecified atom stereocenters. The van der Waals surface area contributed by atoms with Crippen LogP contribution in [0.25, 0.3) is 0 Å². The number of aryl methyl sites for hydroxylation is 2. The quantitative estimate of drug-likeness (QED) is 0.692. The predicted octanol–water partition coefficient (Wildman–Crippen LogP) is 3.95. The molecule has 0 aliphatic carbocycles. The van der Waals surface area contributed by atoms with Gasteiger partial charge in [0.1, 0.15) is 0 Å². The maximum atomic E-state index is 12.5. The third-order valence-corrected chi connectivity index (χ3v) is 4.70. The molecule has 130 valence electrons. The van der Waals surface area contributed by atoms with Gasteiger partial charge in [-0.2, -0.15) is 10.2 Å². The van der Waals surface area contributed by atoms with Crippen LogP contribution in [0, 0.1) is 13.8 Å². The second-order valence-electron chi connectivity index (χ2n) is 5.78. The summed E-state index contributed by atoms with van der Waals surface area (Å²) in [4.78, 5) is 12.5. The third kappa shape index (κ3) is 3.77. The van der Waals surface area contributed by atoms with Crippen molar-refractivity contribution in [2.45, 2.75) is 20.4 Å². The molecular formula is C17H17BrClN5O. The predicted molar refractivity (Wildman–Crippen MR) is 101 cm³/mol. The molecule has 1 aromatic carbocycles. The molecule has 0 atom stereocenters. The average molecular weight is 423 g/mol. The zero-order valence-electron chi connectivity index (χ0n) is 14.0. The van der Waals surface area contributed by atoms with E-state index in [-0.39, 0.29) is 5.91 Å². The molecule has 6 nitrogen and oxygen atoms in total. The van der Waals surface area contributed by atoms with Gasteiger partial charge in [0.25, 0.3) is 5.91 Å². The van der Waals surface area contributed by atoms with Crippen LogP contribution in [0.2, 0.25) is 5.02 Å². The Balaban J connectivity index is 1.83. The molecule has 25 heavy (non-hydrogen) atoms. The van der Waals surface area contributed by atoms with Crippen LogP contribution in [0.4, 0.5) is 5.69 Å². The van der Waals surface area contributed by atoms with E-state index in [2.05, 4.69) is 31.4 Å². The van der Waals surface area contributed by atoms with Crippen molar-refractivity contribution in [1.82, 2.24) is 19.6 Å². The molecule has 0 saturated carbocycles. The maximum Gasteiger partial charge on any atom is 0.277 e. The Morgan fingerprint density at radius 1 is 1.24 bits per heavy atom. The Bertz CT molecular complexity index is 929. The number of nitrogens with one attached hydrogen (secondary N) is 1. The minimum Gasteiger partial charge on any atom is -0.317 e. The van der Waals surface area contributed by atoms with E-state index in [1.807, 2.05) is 42.8 Å². The van der Waals surface area contributed by atoms with Gasteiger partial charge in [-0.3, -0.25) is 14.2 Å². The number of aromatic nitrogens is 4. The Kier molecular flexibility index (Phi) is 4.96. The Hall–Kier alpha value is -2.12. The molecule has 0 saturated heterocycles. The molecule has 3 rings (SSSR count). The monoisotopic (exact) mass is 421 g/mol. The average Bonchev–Trinajstić information content (AvgIpc) is 3.03. The van der Waals surface area contributed by atoms with Gasteiger partial charge in [-0.25, -0.2) is 0 Å². The lowest BCUT2D eigenvalue weighted by atomic mass is 10.2. The smallest absolute Gasteiger partial charge is 0.277 e. The largest absolute Gasteiger partial charge is 0.317 e. The Morgan fingerprint density at radius 2 is 1.92 bits per heavy atom. The lowest BCUT2D eigenvalue weighted by molar-refractivity contribution is 0.102. The summed E-state index contributed by atoms with van der Waals surface area (Å²) in [6.07, 6.45) is 1.73. The second kappa shape index (κ2) is 7.01. The highest BCUT2D eigenvalue weighted by atomic mass is 79.9. The zero-order chi connectivity index (χ0) is 18.1. The van der Waals surface area contributed by atoms with E-state index >= 15 is 0 Å². The van der Waals surface area contributed by atoms with Crippen molar-refractivity contribution in [2.75, 3.05) is 5.32 Å². The van der Waals surface area contributed by atoms with Crippen LogP contribution < -0.4 is 5.32 Å². The fraction of sp³-hybridized carbons (Fsp3) is 0.235. The highest BCUT2D eigenvalue weighted by Gasteiger charge is 2.19. The summed E-state index contributed by atoms with van der Waals surface area (Å²) in [5.74, 6) is -0.273. The summed E-state index contributed by atoms with van der Waals surface area (Å²) < 4.78 is 4.10. The number of nitrogens with zero attached hydrogens (tertiary/aromatic N) is 4. The highest BCUT2D eigenvalue weighted by Crippen LogP contribution is 2.23. The van der Waals surface area contributed by atoms with Crippen LogP contribution in [-0.2, 0) is 13.6 Å². The first-order valence-corrected chi connectivity index (χ1v) is 8.81.